The summed E-state index contributed by atoms with van der Waals surface area (Å²) in [6, 6.07) is 17.6. The molecule has 0 spiro atoms. The van der Waals surface area contributed by atoms with Gasteiger partial charge in [0.25, 0.3) is 0 Å². The van der Waals surface area contributed by atoms with Gasteiger partial charge in [-0.15, -0.1) is 0 Å². The molecule has 5 heteroatoms. The summed E-state index contributed by atoms with van der Waals surface area (Å²) in [5.74, 6) is 1.04. The Hall–Kier alpha value is -2.47. The van der Waals surface area contributed by atoms with Crippen LogP contribution in [0.1, 0.15) is 41.5 Å². The molecule has 2 aliphatic rings. The number of ether oxygens (including phenoxy) is 1. The summed E-state index contributed by atoms with van der Waals surface area (Å²) in [7, 11) is 6.39. The molecule has 5 rings (SSSR count). The zero-order chi connectivity index (χ0) is 22.1. The molecule has 0 N–H and O–H groups in total. The summed E-state index contributed by atoms with van der Waals surface area (Å²) in [6.45, 7) is 4.07. The first-order valence-electron chi connectivity index (χ1n) is 11.8. The van der Waals surface area contributed by atoms with E-state index < -0.39 is 0 Å². The number of imidazole rings is 1. The zero-order valence-corrected chi connectivity index (χ0v) is 19.5. The van der Waals surface area contributed by atoms with Crippen molar-refractivity contribution in [1.29, 1.82) is 0 Å². The van der Waals surface area contributed by atoms with E-state index in [1.165, 1.54) is 22.3 Å². The number of rotatable bonds is 5. The third kappa shape index (κ3) is 4.51. The molecule has 0 saturated carbocycles. The molecule has 0 radical (unpaired) electrons. The molecule has 1 fully saturated rings. The van der Waals surface area contributed by atoms with Gasteiger partial charge in [0.2, 0.25) is 0 Å². The van der Waals surface area contributed by atoms with E-state index in [1.807, 2.05) is 0 Å². The lowest BCUT2D eigenvalue weighted by Gasteiger charge is -2.32. The van der Waals surface area contributed by atoms with E-state index in [2.05, 4.69) is 90.2 Å². The van der Waals surface area contributed by atoms with Crippen LogP contribution in [0.4, 0.5) is 0 Å². The van der Waals surface area contributed by atoms with Crippen LogP contribution in [-0.2, 0) is 24.2 Å². The lowest BCUT2D eigenvalue weighted by molar-refractivity contribution is -0.0275. The summed E-state index contributed by atoms with van der Waals surface area (Å²) in [6.07, 6.45) is 5.55. The first-order valence-corrected chi connectivity index (χ1v) is 11.8. The lowest BCUT2D eigenvalue weighted by atomic mass is 10.00. The fourth-order valence-electron chi connectivity index (χ4n) is 4.95. The average molecular weight is 431 g/mol. The van der Waals surface area contributed by atoms with E-state index in [-0.39, 0.29) is 12.2 Å². The summed E-state index contributed by atoms with van der Waals surface area (Å²) in [5.41, 5.74) is 6.18. The van der Waals surface area contributed by atoms with Crippen molar-refractivity contribution < 1.29 is 4.74 Å². The Kier molecular flexibility index (Phi) is 6.13. The van der Waals surface area contributed by atoms with E-state index >= 15 is 0 Å². The van der Waals surface area contributed by atoms with E-state index in [9.17, 15) is 0 Å². The van der Waals surface area contributed by atoms with Crippen molar-refractivity contribution in [2.75, 3.05) is 34.2 Å². The van der Waals surface area contributed by atoms with E-state index in [4.69, 9.17) is 9.72 Å². The van der Waals surface area contributed by atoms with Gasteiger partial charge in [-0.2, -0.15) is 0 Å². The molecule has 0 amide bonds. The van der Waals surface area contributed by atoms with Crippen LogP contribution in [-0.4, -0.2) is 59.7 Å². The molecular formula is C27H34N4O. The third-order valence-electron chi connectivity index (χ3n) is 6.74. The summed E-state index contributed by atoms with van der Waals surface area (Å²) in [5, 5.41) is 0. The summed E-state index contributed by atoms with van der Waals surface area (Å²) in [4.78, 5) is 9.73. The van der Waals surface area contributed by atoms with Crippen LogP contribution in [0, 0.1) is 0 Å². The molecule has 32 heavy (non-hydrogen) atoms. The van der Waals surface area contributed by atoms with Crippen LogP contribution in [0.2, 0.25) is 0 Å². The first kappa shape index (κ1) is 21.4. The minimum absolute atomic E-state index is 0.108. The van der Waals surface area contributed by atoms with Gasteiger partial charge in [0, 0.05) is 37.9 Å². The second-order valence-corrected chi connectivity index (χ2v) is 9.58. The van der Waals surface area contributed by atoms with Gasteiger partial charge in [0.15, 0.2) is 0 Å². The van der Waals surface area contributed by atoms with Gasteiger partial charge in [0.1, 0.15) is 11.9 Å². The van der Waals surface area contributed by atoms with Crippen LogP contribution < -0.4 is 0 Å². The topological polar surface area (TPSA) is 33.5 Å². The largest absolute Gasteiger partial charge is 0.362 e. The molecule has 1 saturated heterocycles. The predicted molar refractivity (Wildman–Crippen MR) is 129 cm³/mol. The van der Waals surface area contributed by atoms with Crippen molar-refractivity contribution in [2.24, 2.45) is 0 Å². The molecule has 0 aliphatic carbocycles. The molecule has 168 valence electrons. The fourth-order valence-corrected chi connectivity index (χ4v) is 4.95. The standard InChI is InChI=1S/C27H34N4O/c1-29(2)18-20-8-10-22(11-9-20)25-19-31-17-12-21-6-4-5-7-24(21)26(27(31)28-25)32-23-13-15-30(3)16-14-23/h4-11,19,23,26H,12-18H2,1-3H3. The van der Waals surface area contributed by atoms with Gasteiger partial charge in [-0.3, -0.25) is 0 Å². The number of benzene rings is 2. The third-order valence-corrected chi connectivity index (χ3v) is 6.74. The van der Waals surface area contributed by atoms with Crippen molar-refractivity contribution >= 4 is 0 Å². The average Bonchev–Trinajstić information content (AvgIpc) is 3.16. The van der Waals surface area contributed by atoms with E-state index in [0.29, 0.717) is 0 Å². The Morgan fingerprint density at radius 1 is 1.00 bits per heavy atom. The highest BCUT2D eigenvalue weighted by atomic mass is 16.5. The Morgan fingerprint density at radius 3 is 2.50 bits per heavy atom. The highest BCUT2D eigenvalue weighted by Crippen LogP contribution is 2.35. The quantitative estimate of drug-likeness (QED) is 0.602. The minimum atomic E-state index is -0.108. The number of nitrogens with zero attached hydrogens (tertiary/aromatic N) is 4. The summed E-state index contributed by atoms with van der Waals surface area (Å²) >= 11 is 0. The van der Waals surface area contributed by atoms with Crippen molar-refractivity contribution in [3.05, 3.63) is 77.2 Å². The van der Waals surface area contributed by atoms with Crippen molar-refractivity contribution in [1.82, 2.24) is 19.4 Å². The Balaban J connectivity index is 1.47. The number of likely N-dealkylation sites (tertiary alicyclic amines) is 1. The molecule has 1 aromatic heterocycles. The normalized spacial score (nSPS) is 19.6. The van der Waals surface area contributed by atoms with Gasteiger partial charge in [-0.1, -0.05) is 48.5 Å². The second-order valence-electron chi connectivity index (χ2n) is 9.58. The van der Waals surface area contributed by atoms with Gasteiger partial charge in [-0.05, 0) is 57.1 Å². The van der Waals surface area contributed by atoms with Crippen LogP contribution in [0.5, 0.6) is 0 Å². The van der Waals surface area contributed by atoms with Crippen molar-refractivity contribution in [3.8, 4) is 11.3 Å². The maximum atomic E-state index is 6.81. The number of hydrogen-bond donors (Lipinski definition) is 0. The molecule has 1 atom stereocenters. The molecule has 3 aromatic rings. The van der Waals surface area contributed by atoms with Crippen LogP contribution in [0.25, 0.3) is 11.3 Å². The predicted octanol–water partition coefficient (Wildman–Crippen LogP) is 4.37. The van der Waals surface area contributed by atoms with Gasteiger partial charge in [0.05, 0.1) is 11.8 Å². The van der Waals surface area contributed by atoms with E-state index in [0.717, 1.165) is 57.0 Å². The molecule has 2 aromatic carbocycles. The van der Waals surface area contributed by atoms with Crippen LogP contribution in [0.3, 0.4) is 0 Å². The smallest absolute Gasteiger partial charge is 0.143 e. The first-order chi connectivity index (χ1) is 15.6. The molecule has 2 aliphatic heterocycles. The fraction of sp³-hybridized carbons (Fsp3) is 0.444. The maximum absolute atomic E-state index is 6.81. The molecule has 5 nitrogen and oxygen atoms in total. The Bertz CT molecular complexity index is 1050. The maximum Gasteiger partial charge on any atom is 0.143 e. The SMILES string of the molecule is CN(C)Cc1ccc(-c2cn3c(n2)C(OC2CCN(C)CC2)c2ccccc2CC3)cc1. The van der Waals surface area contributed by atoms with E-state index in [1.54, 1.807) is 0 Å². The van der Waals surface area contributed by atoms with Crippen molar-refractivity contribution in [3.63, 3.8) is 0 Å². The molecular weight excluding hydrogens is 396 g/mol. The number of aromatic nitrogens is 2. The number of hydrogen-bond acceptors (Lipinski definition) is 4. The summed E-state index contributed by atoms with van der Waals surface area (Å²) < 4.78 is 9.13. The number of aryl methyl sites for hydroxylation is 2. The lowest BCUT2D eigenvalue weighted by Crippen LogP contribution is -2.35. The van der Waals surface area contributed by atoms with Gasteiger partial charge < -0.3 is 19.1 Å². The number of fused-ring (bicyclic) bond motifs is 2. The molecule has 0 bridgehead atoms. The highest BCUT2D eigenvalue weighted by Gasteiger charge is 2.30. The molecule has 1 unspecified atom stereocenters. The molecule has 3 heterocycles. The Morgan fingerprint density at radius 2 is 1.75 bits per heavy atom. The minimum Gasteiger partial charge on any atom is -0.362 e. The number of piperidine rings is 1. The highest BCUT2D eigenvalue weighted by molar-refractivity contribution is 5.59. The van der Waals surface area contributed by atoms with Gasteiger partial charge in [-0.25, -0.2) is 4.98 Å². The second kappa shape index (κ2) is 9.18. The van der Waals surface area contributed by atoms with Crippen LogP contribution in [0.15, 0.2) is 54.7 Å². The van der Waals surface area contributed by atoms with Crippen LogP contribution >= 0.6 is 0 Å². The van der Waals surface area contributed by atoms with Gasteiger partial charge >= 0.3 is 0 Å². The van der Waals surface area contributed by atoms with Crippen molar-refractivity contribution in [2.45, 2.75) is 44.6 Å². The zero-order valence-electron chi connectivity index (χ0n) is 19.5. The monoisotopic (exact) mass is 430 g/mol. The Labute approximate surface area is 191 Å².